The number of aryl methyl sites for hydroxylation is 1. The molecule has 100 valence electrons. The SMILES string of the molecule is Cc1ccc(C2C(N)CCCCN2C(C)C)cn1. The lowest BCUT2D eigenvalue weighted by atomic mass is 9.96. The molecule has 18 heavy (non-hydrogen) atoms. The minimum absolute atomic E-state index is 0.222. The van der Waals surface area contributed by atoms with E-state index < -0.39 is 0 Å². The van der Waals surface area contributed by atoms with Gasteiger partial charge in [-0.15, -0.1) is 0 Å². The summed E-state index contributed by atoms with van der Waals surface area (Å²) in [5.74, 6) is 0. The van der Waals surface area contributed by atoms with Gasteiger partial charge in [0.05, 0.1) is 6.04 Å². The molecule has 2 atom stereocenters. The van der Waals surface area contributed by atoms with E-state index in [1.54, 1.807) is 0 Å². The van der Waals surface area contributed by atoms with E-state index in [2.05, 4.69) is 35.9 Å². The molecule has 0 aliphatic carbocycles. The standard InChI is InChI=1S/C15H25N3/c1-11(2)18-9-5-4-6-14(16)15(18)13-8-7-12(3)17-10-13/h7-8,10-11,14-15H,4-6,9,16H2,1-3H3. The van der Waals surface area contributed by atoms with Gasteiger partial charge in [0.2, 0.25) is 0 Å². The van der Waals surface area contributed by atoms with E-state index in [-0.39, 0.29) is 6.04 Å². The highest BCUT2D eigenvalue weighted by Crippen LogP contribution is 2.30. The second-order valence-electron chi connectivity index (χ2n) is 5.67. The van der Waals surface area contributed by atoms with Crippen LogP contribution in [0.15, 0.2) is 18.3 Å². The predicted molar refractivity (Wildman–Crippen MR) is 75.4 cm³/mol. The first-order valence-corrected chi connectivity index (χ1v) is 7.03. The van der Waals surface area contributed by atoms with Gasteiger partial charge < -0.3 is 5.73 Å². The number of likely N-dealkylation sites (tertiary alicyclic amines) is 1. The Balaban J connectivity index is 2.31. The molecule has 3 heteroatoms. The lowest BCUT2D eigenvalue weighted by Crippen LogP contribution is -2.43. The summed E-state index contributed by atoms with van der Waals surface area (Å²) in [5.41, 5.74) is 8.74. The number of nitrogens with zero attached hydrogens (tertiary/aromatic N) is 2. The Morgan fingerprint density at radius 1 is 1.33 bits per heavy atom. The molecule has 1 saturated heterocycles. The normalized spacial score (nSPS) is 26.3. The minimum atomic E-state index is 0.222. The monoisotopic (exact) mass is 247 g/mol. The summed E-state index contributed by atoms with van der Waals surface area (Å²) in [7, 11) is 0. The van der Waals surface area contributed by atoms with Crippen LogP contribution >= 0.6 is 0 Å². The van der Waals surface area contributed by atoms with E-state index in [1.165, 1.54) is 18.4 Å². The second kappa shape index (κ2) is 5.81. The highest BCUT2D eigenvalue weighted by Gasteiger charge is 2.30. The largest absolute Gasteiger partial charge is 0.326 e. The van der Waals surface area contributed by atoms with E-state index in [0.717, 1.165) is 18.7 Å². The zero-order valence-electron chi connectivity index (χ0n) is 11.8. The summed E-state index contributed by atoms with van der Waals surface area (Å²) in [5, 5.41) is 0. The minimum Gasteiger partial charge on any atom is -0.326 e. The molecular formula is C15H25N3. The van der Waals surface area contributed by atoms with Crippen molar-refractivity contribution in [3.63, 3.8) is 0 Å². The van der Waals surface area contributed by atoms with Gasteiger partial charge in [-0.25, -0.2) is 0 Å². The summed E-state index contributed by atoms with van der Waals surface area (Å²) < 4.78 is 0. The van der Waals surface area contributed by atoms with E-state index in [0.29, 0.717) is 12.1 Å². The second-order valence-corrected chi connectivity index (χ2v) is 5.67. The third kappa shape index (κ3) is 2.90. The first kappa shape index (κ1) is 13.5. The van der Waals surface area contributed by atoms with Crippen LogP contribution in [-0.4, -0.2) is 28.5 Å². The summed E-state index contributed by atoms with van der Waals surface area (Å²) >= 11 is 0. The molecular weight excluding hydrogens is 222 g/mol. The first-order valence-electron chi connectivity index (χ1n) is 7.03. The molecule has 1 fully saturated rings. The highest BCUT2D eigenvalue weighted by atomic mass is 15.2. The molecule has 0 bridgehead atoms. The van der Waals surface area contributed by atoms with Crippen molar-refractivity contribution in [2.75, 3.05) is 6.54 Å². The van der Waals surface area contributed by atoms with Gasteiger partial charge in [0.25, 0.3) is 0 Å². The number of hydrogen-bond acceptors (Lipinski definition) is 3. The average Bonchev–Trinajstić information content (AvgIpc) is 2.52. The van der Waals surface area contributed by atoms with Crippen LogP contribution in [0.3, 0.4) is 0 Å². The molecule has 2 unspecified atom stereocenters. The van der Waals surface area contributed by atoms with Gasteiger partial charge in [-0.1, -0.05) is 12.5 Å². The Morgan fingerprint density at radius 2 is 2.11 bits per heavy atom. The van der Waals surface area contributed by atoms with Gasteiger partial charge in [-0.05, 0) is 51.8 Å². The van der Waals surface area contributed by atoms with Gasteiger partial charge in [0.1, 0.15) is 0 Å². The van der Waals surface area contributed by atoms with Crippen LogP contribution in [-0.2, 0) is 0 Å². The lowest BCUT2D eigenvalue weighted by Gasteiger charge is -2.36. The molecule has 1 aromatic rings. The Morgan fingerprint density at radius 3 is 2.72 bits per heavy atom. The van der Waals surface area contributed by atoms with Crippen molar-refractivity contribution >= 4 is 0 Å². The van der Waals surface area contributed by atoms with Crippen molar-refractivity contribution in [1.29, 1.82) is 0 Å². The molecule has 0 saturated carbocycles. The predicted octanol–water partition coefficient (Wildman–Crippen LogP) is 2.65. The zero-order valence-corrected chi connectivity index (χ0v) is 11.8. The molecule has 3 nitrogen and oxygen atoms in total. The Labute approximate surface area is 110 Å². The molecule has 0 radical (unpaired) electrons. The Bertz CT molecular complexity index is 372. The molecule has 0 amide bonds. The molecule has 0 spiro atoms. The van der Waals surface area contributed by atoms with Crippen molar-refractivity contribution in [2.24, 2.45) is 5.73 Å². The topological polar surface area (TPSA) is 42.1 Å². The molecule has 2 rings (SSSR count). The van der Waals surface area contributed by atoms with Crippen LogP contribution in [0.2, 0.25) is 0 Å². The van der Waals surface area contributed by atoms with Gasteiger partial charge >= 0.3 is 0 Å². The third-order valence-electron chi connectivity index (χ3n) is 3.91. The van der Waals surface area contributed by atoms with Crippen molar-refractivity contribution < 1.29 is 0 Å². The van der Waals surface area contributed by atoms with E-state index in [9.17, 15) is 0 Å². The van der Waals surface area contributed by atoms with Crippen LogP contribution < -0.4 is 5.73 Å². The molecule has 2 N–H and O–H groups in total. The number of pyridine rings is 1. The number of aromatic nitrogens is 1. The van der Waals surface area contributed by atoms with Crippen LogP contribution in [0, 0.1) is 6.92 Å². The van der Waals surface area contributed by atoms with Crippen LogP contribution in [0.4, 0.5) is 0 Å². The summed E-state index contributed by atoms with van der Waals surface area (Å²) in [6, 6.07) is 5.35. The van der Waals surface area contributed by atoms with Crippen LogP contribution in [0.5, 0.6) is 0 Å². The molecule has 0 aromatic carbocycles. The number of nitrogens with two attached hydrogens (primary N) is 1. The van der Waals surface area contributed by atoms with Crippen molar-refractivity contribution in [3.8, 4) is 0 Å². The summed E-state index contributed by atoms with van der Waals surface area (Å²) in [6.45, 7) is 7.68. The summed E-state index contributed by atoms with van der Waals surface area (Å²) in [4.78, 5) is 6.96. The number of hydrogen-bond donors (Lipinski definition) is 1. The Kier molecular flexibility index (Phi) is 4.36. The van der Waals surface area contributed by atoms with E-state index in [4.69, 9.17) is 5.73 Å². The first-order chi connectivity index (χ1) is 8.59. The van der Waals surface area contributed by atoms with E-state index in [1.807, 2.05) is 13.1 Å². The molecule has 1 aliphatic rings. The van der Waals surface area contributed by atoms with Crippen molar-refractivity contribution in [1.82, 2.24) is 9.88 Å². The fraction of sp³-hybridized carbons (Fsp3) is 0.667. The molecule has 2 heterocycles. The highest BCUT2D eigenvalue weighted by molar-refractivity contribution is 5.19. The third-order valence-corrected chi connectivity index (χ3v) is 3.91. The van der Waals surface area contributed by atoms with Crippen LogP contribution in [0.25, 0.3) is 0 Å². The maximum absolute atomic E-state index is 6.41. The maximum Gasteiger partial charge on any atom is 0.0517 e. The van der Waals surface area contributed by atoms with Gasteiger partial charge in [0, 0.05) is 24.0 Å². The average molecular weight is 247 g/mol. The van der Waals surface area contributed by atoms with Crippen molar-refractivity contribution in [3.05, 3.63) is 29.6 Å². The quantitative estimate of drug-likeness (QED) is 0.873. The molecule has 1 aliphatic heterocycles. The van der Waals surface area contributed by atoms with Crippen LogP contribution in [0.1, 0.15) is 50.4 Å². The smallest absolute Gasteiger partial charge is 0.0517 e. The van der Waals surface area contributed by atoms with Gasteiger partial charge in [-0.3, -0.25) is 9.88 Å². The van der Waals surface area contributed by atoms with Gasteiger partial charge in [-0.2, -0.15) is 0 Å². The Hall–Kier alpha value is -0.930. The lowest BCUT2D eigenvalue weighted by molar-refractivity contribution is 0.144. The molecule has 1 aromatic heterocycles. The van der Waals surface area contributed by atoms with Crippen molar-refractivity contribution in [2.45, 2.75) is 58.2 Å². The maximum atomic E-state index is 6.41. The number of rotatable bonds is 2. The summed E-state index contributed by atoms with van der Waals surface area (Å²) in [6.07, 6.45) is 5.60. The fourth-order valence-corrected chi connectivity index (χ4v) is 2.89. The zero-order chi connectivity index (χ0) is 13.1. The fourth-order valence-electron chi connectivity index (χ4n) is 2.89. The van der Waals surface area contributed by atoms with Gasteiger partial charge in [0.15, 0.2) is 0 Å². The van der Waals surface area contributed by atoms with E-state index >= 15 is 0 Å².